The Kier molecular flexibility index (Phi) is 4.66. The van der Waals surface area contributed by atoms with Crippen LogP contribution in [0.5, 0.6) is 0 Å². The number of amides is 2. The topological polar surface area (TPSA) is 99.8 Å². The smallest absolute Gasteiger partial charge is 0.279 e. The number of carbonyl (C=O) groups excluding carboxylic acids is 2. The van der Waals surface area contributed by atoms with Crippen LogP contribution in [0.25, 0.3) is 0 Å². The monoisotopic (exact) mass is 236 g/mol. The molecule has 0 fully saturated rings. The Morgan fingerprint density at radius 2 is 1.94 bits per heavy atom. The number of carbonyl (C=O) groups is 2. The van der Waals surface area contributed by atoms with Gasteiger partial charge in [0, 0.05) is 6.42 Å². The number of hydrogen-bond acceptors (Lipinski definition) is 2. The third-order valence-corrected chi connectivity index (χ3v) is 2.48. The number of primary amides is 1. The molecule has 0 aliphatic heterocycles. The van der Waals surface area contributed by atoms with Gasteiger partial charge in [0.2, 0.25) is 5.91 Å². The van der Waals surface area contributed by atoms with Crippen LogP contribution in [0.3, 0.4) is 0 Å². The largest absolute Gasteiger partial charge is 0.368 e. The van der Waals surface area contributed by atoms with E-state index in [0.717, 1.165) is 5.56 Å². The molecule has 0 aromatic heterocycles. The Balaban J connectivity index is 2.50. The lowest BCUT2D eigenvalue weighted by molar-refractivity contribution is -0.403. The van der Waals surface area contributed by atoms with E-state index >= 15 is 0 Å². The molecule has 92 valence electrons. The zero-order valence-electron chi connectivity index (χ0n) is 9.85. The lowest BCUT2D eigenvalue weighted by Crippen LogP contribution is -2.69. The highest BCUT2D eigenvalue weighted by molar-refractivity contribution is 5.88. The molecular weight excluding hydrogens is 218 g/mol. The fourth-order valence-electron chi connectivity index (χ4n) is 1.39. The molecule has 1 aromatic rings. The van der Waals surface area contributed by atoms with Crippen molar-refractivity contribution < 1.29 is 15.3 Å². The van der Waals surface area contributed by atoms with Gasteiger partial charge in [0.25, 0.3) is 5.91 Å². The van der Waals surface area contributed by atoms with Crippen molar-refractivity contribution in [3.05, 3.63) is 35.9 Å². The maximum atomic E-state index is 11.7. The molecule has 1 aromatic carbocycles. The van der Waals surface area contributed by atoms with Crippen LogP contribution in [0.4, 0.5) is 0 Å². The summed E-state index contributed by atoms with van der Waals surface area (Å²) in [5.74, 6) is -0.814. The molecule has 2 amide bonds. The molecule has 0 aliphatic carbocycles. The van der Waals surface area contributed by atoms with Crippen molar-refractivity contribution >= 4 is 11.8 Å². The average molecular weight is 236 g/mol. The number of benzene rings is 1. The fourth-order valence-corrected chi connectivity index (χ4v) is 1.39. The lowest BCUT2D eigenvalue weighted by Gasteiger charge is -2.13. The second-order valence-corrected chi connectivity index (χ2v) is 4.02. The lowest BCUT2D eigenvalue weighted by atomic mass is 10.1. The van der Waals surface area contributed by atoms with E-state index in [0.29, 0.717) is 6.42 Å². The average Bonchev–Trinajstić information content (AvgIpc) is 2.29. The SMILES string of the molecule is C[C@H](NC(=O)[C@@H]([NH3+])Cc1ccccc1)C(N)=O. The maximum absolute atomic E-state index is 11.7. The normalized spacial score (nSPS) is 13.8. The van der Waals surface area contributed by atoms with Crippen LogP contribution < -0.4 is 16.8 Å². The minimum absolute atomic E-state index is 0.264. The predicted molar refractivity (Wildman–Crippen MR) is 63.6 cm³/mol. The van der Waals surface area contributed by atoms with E-state index in [9.17, 15) is 9.59 Å². The van der Waals surface area contributed by atoms with E-state index in [1.807, 2.05) is 30.3 Å². The van der Waals surface area contributed by atoms with Crippen LogP contribution in [-0.2, 0) is 16.0 Å². The Bertz CT molecular complexity index is 392. The summed E-state index contributed by atoms with van der Waals surface area (Å²) in [6, 6.07) is 8.50. The molecular formula is C12H18N3O2+. The Morgan fingerprint density at radius 3 is 2.47 bits per heavy atom. The standard InChI is InChI=1S/C12H17N3O2/c1-8(11(14)16)15-12(17)10(13)7-9-5-3-2-4-6-9/h2-6,8,10H,7,13H2,1H3,(H2,14,16)(H,15,17)/p+1/t8-,10-/m0/s1. The number of quaternary nitrogens is 1. The molecule has 5 nitrogen and oxygen atoms in total. The van der Waals surface area contributed by atoms with Crippen molar-refractivity contribution in [3.63, 3.8) is 0 Å². The van der Waals surface area contributed by atoms with Gasteiger partial charge in [-0.25, -0.2) is 0 Å². The summed E-state index contributed by atoms with van der Waals surface area (Å²) in [5, 5.41) is 2.52. The first-order valence-electron chi connectivity index (χ1n) is 5.47. The van der Waals surface area contributed by atoms with Crippen LogP contribution in [0, 0.1) is 0 Å². The van der Waals surface area contributed by atoms with Gasteiger partial charge in [-0.2, -0.15) is 0 Å². The molecule has 5 heteroatoms. The fraction of sp³-hybridized carbons (Fsp3) is 0.333. The van der Waals surface area contributed by atoms with Gasteiger partial charge in [-0.1, -0.05) is 30.3 Å². The second-order valence-electron chi connectivity index (χ2n) is 4.02. The van der Waals surface area contributed by atoms with Crippen LogP contribution in [-0.4, -0.2) is 23.9 Å². The van der Waals surface area contributed by atoms with Gasteiger partial charge < -0.3 is 16.8 Å². The molecule has 17 heavy (non-hydrogen) atoms. The summed E-state index contributed by atoms with van der Waals surface area (Å²) >= 11 is 0. The number of nitrogens with two attached hydrogens (primary N) is 1. The highest BCUT2D eigenvalue weighted by Crippen LogP contribution is 2.01. The summed E-state index contributed by atoms with van der Waals surface area (Å²) in [6.07, 6.45) is 0.540. The van der Waals surface area contributed by atoms with Crippen molar-refractivity contribution in [1.29, 1.82) is 0 Å². The van der Waals surface area contributed by atoms with Gasteiger partial charge in [0.05, 0.1) is 0 Å². The van der Waals surface area contributed by atoms with Crippen molar-refractivity contribution in [2.45, 2.75) is 25.4 Å². The minimum Gasteiger partial charge on any atom is -0.368 e. The Labute approximate surface area is 100 Å². The molecule has 0 bridgehead atoms. The highest BCUT2D eigenvalue weighted by atomic mass is 16.2. The molecule has 2 atom stereocenters. The first-order valence-corrected chi connectivity index (χ1v) is 5.47. The van der Waals surface area contributed by atoms with E-state index < -0.39 is 18.0 Å². The molecule has 0 saturated heterocycles. The van der Waals surface area contributed by atoms with Gasteiger partial charge in [-0.3, -0.25) is 9.59 Å². The third-order valence-electron chi connectivity index (χ3n) is 2.48. The third kappa shape index (κ3) is 4.24. The molecule has 0 heterocycles. The van der Waals surface area contributed by atoms with E-state index in [2.05, 4.69) is 11.1 Å². The van der Waals surface area contributed by atoms with Crippen molar-refractivity contribution in [2.24, 2.45) is 5.73 Å². The van der Waals surface area contributed by atoms with Gasteiger partial charge in [-0.05, 0) is 12.5 Å². The second kappa shape index (κ2) is 6.00. The summed E-state index contributed by atoms with van der Waals surface area (Å²) in [7, 11) is 0. The molecule has 0 aliphatic rings. The summed E-state index contributed by atoms with van der Waals surface area (Å²) in [4.78, 5) is 22.5. The van der Waals surface area contributed by atoms with E-state index in [1.54, 1.807) is 6.92 Å². The van der Waals surface area contributed by atoms with Crippen molar-refractivity contribution in [1.82, 2.24) is 5.32 Å². The minimum atomic E-state index is -0.664. The molecule has 0 radical (unpaired) electrons. The summed E-state index contributed by atoms with van der Waals surface area (Å²) in [6.45, 7) is 1.55. The number of rotatable bonds is 5. The quantitative estimate of drug-likeness (QED) is 0.600. The number of hydrogen-bond donors (Lipinski definition) is 3. The number of nitrogens with one attached hydrogen (secondary N) is 1. The zero-order chi connectivity index (χ0) is 12.8. The van der Waals surface area contributed by atoms with E-state index in [-0.39, 0.29) is 5.91 Å². The van der Waals surface area contributed by atoms with Crippen LogP contribution in [0.1, 0.15) is 12.5 Å². The summed E-state index contributed by atoms with van der Waals surface area (Å²) < 4.78 is 0. The van der Waals surface area contributed by atoms with Gasteiger partial charge in [0.1, 0.15) is 6.04 Å². The van der Waals surface area contributed by atoms with E-state index in [4.69, 9.17) is 5.73 Å². The van der Waals surface area contributed by atoms with Gasteiger partial charge >= 0.3 is 0 Å². The molecule has 0 saturated carbocycles. The zero-order valence-corrected chi connectivity index (χ0v) is 9.85. The van der Waals surface area contributed by atoms with Gasteiger partial charge in [0.15, 0.2) is 6.04 Å². The van der Waals surface area contributed by atoms with E-state index in [1.165, 1.54) is 0 Å². The molecule has 6 N–H and O–H groups in total. The first kappa shape index (κ1) is 13.2. The van der Waals surface area contributed by atoms with Crippen molar-refractivity contribution in [2.75, 3.05) is 0 Å². The molecule has 0 unspecified atom stereocenters. The molecule has 1 rings (SSSR count). The first-order chi connectivity index (χ1) is 8.00. The molecule has 0 spiro atoms. The van der Waals surface area contributed by atoms with Gasteiger partial charge in [-0.15, -0.1) is 0 Å². The van der Waals surface area contributed by atoms with Crippen LogP contribution in [0.2, 0.25) is 0 Å². The maximum Gasteiger partial charge on any atom is 0.279 e. The Hall–Kier alpha value is -1.88. The Morgan fingerprint density at radius 1 is 1.35 bits per heavy atom. The van der Waals surface area contributed by atoms with Crippen LogP contribution in [0.15, 0.2) is 30.3 Å². The van der Waals surface area contributed by atoms with Crippen molar-refractivity contribution in [3.8, 4) is 0 Å². The van der Waals surface area contributed by atoms with Crippen LogP contribution >= 0.6 is 0 Å². The predicted octanol–water partition coefficient (Wildman–Crippen LogP) is -1.17. The highest BCUT2D eigenvalue weighted by Gasteiger charge is 2.21. The summed E-state index contributed by atoms with van der Waals surface area (Å²) in [5.41, 5.74) is 9.88.